The molecule has 0 aromatic rings. The van der Waals surface area contributed by atoms with Crippen LogP contribution in [0.1, 0.15) is 33.1 Å². The van der Waals surface area contributed by atoms with Gasteiger partial charge in [0.15, 0.2) is 0 Å². The van der Waals surface area contributed by atoms with Crippen LogP contribution in [0.5, 0.6) is 0 Å². The van der Waals surface area contributed by atoms with Crippen LogP contribution in [-0.2, 0) is 4.79 Å². The molecule has 1 aliphatic carbocycles. The Hall–Kier alpha value is -0.570. The average Bonchev–Trinajstić information content (AvgIpc) is 2.91. The minimum absolute atomic E-state index is 0.141. The summed E-state index contributed by atoms with van der Waals surface area (Å²) in [5.74, 6) is 0.415. The molecule has 1 heterocycles. The van der Waals surface area contributed by atoms with E-state index in [1.54, 1.807) is 0 Å². The first kappa shape index (κ1) is 10.9. The fraction of sp³-hybridized carbons (Fsp3) is 0.917. The molecular formula is C12H21NO2. The van der Waals surface area contributed by atoms with Crippen LogP contribution >= 0.6 is 0 Å². The number of hydrogen-bond donors (Lipinski definition) is 1. The molecule has 0 bridgehead atoms. The van der Waals surface area contributed by atoms with Gasteiger partial charge in [0, 0.05) is 19.1 Å². The van der Waals surface area contributed by atoms with Gasteiger partial charge in [0.05, 0.1) is 5.92 Å². The smallest absolute Gasteiger partial charge is 0.308 e. The molecular weight excluding hydrogens is 190 g/mol. The van der Waals surface area contributed by atoms with Gasteiger partial charge in [0.2, 0.25) is 0 Å². The van der Waals surface area contributed by atoms with Gasteiger partial charge in [0.1, 0.15) is 0 Å². The quantitative estimate of drug-likeness (QED) is 0.771. The Balaban J connectivity index is 1.97. The van der Waals surface area contributed by atoms with E-state index in [-0.39, 0.29) is 5.92 Å². The van der Waals surface area contributed by atoms with Gasteiger partial charge in [-0.3, -0.25) is 9.69 Å². The highest BCUT2D eigenvalue weighted by Gasteiger charge is 2.41. The van der Waals surface area contributed by atoms with Crippen LogP contribution in [0, 0.1) is 17.8 Å². The molecule has 0 spiro atoms. The third-order valence-electron chi connectivity index (χ3n) is 4.01. The summed E-state index contributed by atoms with van der Waals surface area (Å²) in [7, 11) is 0. The van der Waals surface area contributed by atoms with Crippen LogP contribution in [0.25, 0.3) is 0 Å². The molecule has 2 fully saturated rings. The normalized spacial score (nSPS) is 34.3. The minimum atomic E-state index is -0.615. The standard InChI is InChI=1S/C12H21NO2/c1-3-11(9-4-5-9)13-6-8(2)10(7-13)12(14)15/h8-11H,3-7H2,1-2H3,(H,14,15). The Morgan fingerprint density at radius 3 is 2.53 bits per heavy atom. The zero-order valence-corrected chi connectivity index (χ0v) is 9.65. The van der Waals surface area contributed by atoms with E-state index in [9.17, 15) is 4.79 Å². The topological polar surface area (TPSA) is 40.5 Å². The molecule has 0 radical (unpaired) electrons. The fourth-order valence-corrected chi connectivity index (χ4v) is 2.97. The first-order valence-electron chi connectivity index (χ1n) is 6.10. The molecule has 0 aromatic carbocycles. The van der Waals surface area contributed by atoms with Gasteiger partial charge in [-0.05, 0) is 31.1 Å². The average molecular weight is 211 g/mol. The minimum Gasteiger partial charge on any atom is -0.481 e. The van der Waals surface area contributed by atoms with Crippen molar-refractivity contribution in [3.63, 3.8) is 0 Å². The molecule has 3 atom stereocenters. The predicted octanol–water partition coefficient (Wildman–Crippen LogP) is 1.83. The summed E-state index contributed by atoms with van der Waals surface area (Å²) in [6.45, 7) is 6.04. The second kappa shape index (κ2) is 4.12. The third kappa shape index (κ3) is 2.17. The first-order valence-corrected chi connectivity index (χ1v) is 6.10. The van der Waals surface area contributed by atoms with E-state index in [1.807, 2.05) is 0 Å². The molecule has 1 saturated carbocycles. The maximum absolute atomic E-state index is 11.0. The van der Waals surface area contributed by atoms with Crippen molar-refractivity contribution >= 4 is 5.97 Å². The van der Waals surface area contributed by atoms with Gasteiger partial charge in [-0.1, -0.05) is 13.8 Å². The van der Waals surface area contributed by atoms with Gasteiger partial charge < -0.3 is 5.11 Å². The number of aliphatic carboxylic acids is 1. The van der Waals surface area contributed by atoms with Crippen molar-refractivity contribution in [2.24, 2.45) is 17.8 Å². The van der Waals surface area contributed by atoms with Gasteiger partial charge in [-0.25, -0.2) is 0 Å². The first-order chi connectivity index (χ1) is 7.13. The van der Waals surface area contributed by atoms with Gasteiger partial charge in [0.25, 0.3) is 0 Å². The van der Waals surface area contributed by atoms with Crippen LogP contribution in [0.3, 0.4) is 0 Å². The Morgan fingerprint density at radius 2 is 2.13 bits per heavy atom. The van der Waals surface area contributed by atoms with E-state index in [0.717, 1.165) is 19.0 Å². The third-order valence-corrected chi connectivity index (χ3v) is 4.01. The highest BCUT2D eigenvalue weighted by Crippen LogP contribution is 2.39. The van der Waals surface area contributed by atoms with Crippen molar-refractivity contribution < 1.29 is 9.90 Å². The zero-order valence-electron chi connectivity index (χ0n) is 9.65. The Morgan fingerprint density at radius 1 is 1.47 bits per heavy atom. The van der Waals surface area contributed by atoms with E-state index in [0.29, 0.717) is 12.0 Å². The number of rotatable bonds is 4. The number of carboxylic acid groups (broad SMARTS) is 1. The lowest BCUT2D eigenvalue weighted by molar-refractivity contribution is -0.142. The summed E-state index contributed by atoms with van der Waals surface area (Å²) < 4.78 is 0. The Labute approximate surface area is 91.5 Å². The maximum atomic E-state index is 11.0. The van der Waals surface area contributed by atoms with Crippen LogP contribution in [0.2, 0.25) is 0 Å². The van der Waals surface area contributed by atoms with Crippen molar-refractivity contribution in [3.05, 3.63) is 0 Å². The maximum Gasteiger partial charge on any atom is 0.308 e. The number of carbonyl (C=O) groups is 1. The summed E-state index contributed by atoms with van der Waals surface area (Å²) in [6.07, 6.45) is 3.87. The lowest BCUT2D eigenvalue weighted by Gasteiger charge is -2.26. The molecule has 1 saturated heterocycles. The molecule has 1 aliphatic heterocycles. The van der Waals surface area contributed by atoms with Crippen LogP contribution in [0.4, 0.5) is 0 Å². The molecule has 3 heteroatoms. The summed E-state index contributed by atoms with van der Waals surface area (Å²) in [5.41, 5.74) is 0. The second-order valence-corrected chi connectivity index (χ2v) is 5.19. The molecule has 2 aliphatic rings. The predicted molar refractivity (Wildman–Crippen MR) is 58.7 cm³/mol. The van der Waals surface area contributed by atoms with E-state index in [1.165, 1.54) is 19.3 Å². The number of carboxylic acids is 1. The largest absolute Gasteiger partial charge is 0.481 e. The number of hydrogen-bond acceptors (Lipinski definition) is 2. The van der Waals surface area contributed by atoms with E-state index in [2.05, 4.69) is 18.7 Å². The Bertz CT molecular complexity index is 250. The van der Waals surface area contributed by atoms with E-state index in [4.69, 9.17) is 5.11 Å². The van der Waals surface area contributed by atoms with E-state index >= 15 is 0 Å². The molecule has 15 heavy (non-hydrogen) atoms. The fourth-order valence-electron chi connectivity index (χ4n) is 2.97. The van der Waals surface area contributed by atoms with Gasteiger partial charge >= 0.3 is 5.97 Å². The van der Waals surface area contributed by atoms with Crippen LogP contribution in [0.15, 0.2) is 0 Å². The lowest BCUT2D eigenvalue weighted by atomic mass is 9.99. The molecule has 1 N–H and O–H groups in total. The summed E-state index contributed by atoms with van der Waals surface area (Å²) >= 11 is 0. The van der Waals surface area contributed by atoms with Crippen molar-refractivity contribution in [2.45, 2.75) is 39.2 Å². The summed E-state index contributed by atoms with van der Waals surface area (Å²) in [5, 5.41) is 9.08. The van der Waals surface area contributed by atoms with E-state index < -0.39 is 5.97 Å². The molecule has 86 valence electrons. The molecule has 0 aromatic heterocycles. The van der Waals surface area contributed by atoms with Gasteiger partial charge in [-0.15, -0.1) is 0 Å². The van der Waals surface area contributed by atoms with Crippen molar-refractivity contribution in [1.29, 1.82) is 0 Å². The highest BCUT2D eigenvalue weighted by molar-refractivity contribution is 5.71. The number of likely N-dealkylation sites (tertiary alicyclic amines) is 1. The van der Waals surface area contributed by atoms with Gasteiger partial charge in [-0.2, -0.15) is 0 Å². The SMILES string of the molecule is CCC(C1CC1)N1CC(C)C(C(=O)O)C1. The zero-order chi connectivity index (χ0) is 11.0. The van der Waals surface area contributed by atoms with Crippen molar-refractivity contribution in [2.75, 3.05) is 13.1 Å². The molecule has 2 rings (SSSR count). The molecule has 0 amide bonds. The number of nitrogens with zero attached hydrogens (tertiary/aromatic N) is 1. The van der Waals surface area contributed by atoms with Crippen molar-refractivity contribution in [1.82, 2.24) is 4.90 Å². The lowest BCUT2D eigenvalue weighted by Crippen LogP contribution is -2.35. The summed E-state index contributed by atoms with van der Waals surface area (Å²) in [6, 6.07) is 0.650. The Kier molecular flexibility index (Phi) is 3.01. The summed E-state index contributed by atoms with van der Waals surface area (Å²) in [4.78, 5) is 13.4. The monoisotopic (exact) mass is 211 g/mol. The van der Waals surface area contributed by atoms with Crippen LogP contribution in [-0.4, -0.2) is 35.1 Å². The van der Waals surface area contributed by atoms with Crippen LogP contribution < -0.4 is 0 Å². The second-order valence-electron chi connectivity index (χ2n) is 5.19. The highest BCUT2D eigenvalue weighted by atomic mass is 16.4. The van der Waals surface area contributed by atoms with Crippen molar-refractivity contribution in [3.8, 4) is 0 Å². The molecule has 3 nitrogen and oxygen atoms in total. The molecule has 3 unspecified atom stereocenters.